The van der Waals surface area contributed by atoms with E-state index in [0.29, 0.717) is 37.7 Å². The molecule has 3 N–H and O–H groups in total. The Morgan fingerprint density at radius 1 is 1.45 bits per heavy atom. The van der Waals surface area contributed by atoms with Gasteiger partial charge in [-0.15, -0.1) is 0 Å². The maximum atomic E-state index is 12.0. The van der Waals surface area contributed by atoms with Crippen LogP contribution in [0.25, 0.3) is 4.85 Å². The van der Waals surface area contributed by atoms with Crippen LogP contribution < -0.4 is 16.2 Å². The molecule has 0 saturated carbocycles. The lowest BCUT2D eigenvalue weighted by Crippen LogP contribution is -2.40. The van der Waals surface area contributed by atoms with E-state index in [1.165, 1.54) is 0 Å². The lowest BCUT2D eigenvalue weighted by Gasteiger charge is -2.27. The van der Waals surface area contributed by atoms with Crippen molar-refractivity contribution in [1.29, 1.82) is 0 Å². The van der Waals surface area contributed by atoms with Crippen LogP contribution in [-0.2, 0) is 18.5 Å². The number of H-pyrrole nitrogens is 1. The Morgan fingerprint density at radius 2 is 2.21 bits per heavy atom. The van der Waals surface area contributed by atoms with Gasteiger partial charge in [0.25, 0.3) is 5.56 Å². The number of aryl methyl sites for hydroxylation is 1. The van der Waals surface area contributed by atoms with Crippen molar-refractivity contribution in [2.24, 2.45) is 4.99 Å². The van der Waals surface area contributed by atoms with E-state index in [0.717, 1.165) is 0 Å². The van der Waals surface area contributed by atoms with Crippen molar-refractivity contribution in [2.45, 2.75) is 44.8 Å². The molecule has 0 radical (unpaired) electrons. The molecule has 13 heteroatoms. The zero-order valence-electron chi connectivity index (χ0n) is 19.7. The lowest BCUT2D eigenvalue weighted by molar-refractivity contribution is -0.0670. The Kier molecular flexibility index (Phi) is 11.4. The normalized spacial score (nSPS) is 23.8. The summed E-state index contributed by atoms with van der Waals surface area (Å²) in [6.45, 7) is 13.9. The van der Waals surface area contributed by atoms with Gasteiger partial charge in [0.2, 0.25) is 6.54 Å². The third-order valence-corrected chi connectivity index (χ3v) is 6.42. The number of aliphatic imine (C=N–C) groups is 1. The van der Waals surface area contributed by atoms with Crippen molar-refractivity contribution in [3.05, 3.63) is 38.3 Å². The second kappa shape index (κ2) is 13.7. The van der Waals surface area contributed by atoms with E-state index < -0.39 is 26.8 Å². The number of ether oxygens (including phenoxy) is 2. The highest BCUT2D eigenvalue weighted by atomic mass is 32.1. The molecule has 0 spiro atoms. The van der Waals surface area contributed by atoms with Gasteiger partial charge in [0, 0.05) is 39.1 Å². The van der Waals surface area contributed by atoms with Crippen LogP contribution in [0.1, 0.15) is 25.1 Å². The molecule has 2 rings (SSSR count). The van der Waals surface area contributed by atoms with Crippen LogP contribution in [0.3, 0.4) is 0 Å². The maximum Gasteiger partial charge on any atom is 0.254 e. The van der Waals surface area contributed by atoms with Gasteiger partial charge in [0.05, 0.1) is 12.7 Å². The molecule has 184 valence electrons. The number of guanidine groups is 1. The van der Waals surface area contributed by atoms with Crippen LogP contribution in [0.4, 0.5) is 0 Å². The van der Waals surface area contributed by atoms with Crippen molar-refractivity contribution >= 4 is 26.6 Å². The highest BCUT2D eigenvalue weighted by Gasteiger charge is 2.47. The second-order valence-corrected chi connectivity index (χ2v) is 9.00. The summed E-state index contributed by atoms with van der Waals surface area (Å²) in [5.41, 5.74) is 0.280. The van der Waals surface area contributed by atoms with Crippen molar-refractivity contribution < 1.29 is 18.5 Å². The molecule has 5 atom stereocenters. The number of hydrogen-bond donors (Lipinski definition) is 3. The summed E-state index contributed by atoms with van der Waals surface area (Å²) in [6.07, 6.45) is 0.604. The quantitative estimate of drug-likeness (QED) is 0.106. The van der Waals surface area contributed by atoms with Crippen LogP contribution in [0, 0.1) is 18.3 Å². The summed E-state index contributed by atoms with van der Waals surface area (Å²) in [7, 11) is 2.23. The minimum atomic E-state index is -1.24. The summed E-state index contributed by atoms with van der Waals surface area (Å²) in [6, 6.07) is 0. The lowest BCUT2D eigenvalue weighted by atomic mass is 10.1. The fourth-order valence-corrected chi connectivity index (χ4v) is 4.65. The first kappa shape index (κ1) is 27.4. The third-order valence-electron chi connectivity index (χ3n) is 5.02. The Morgan fingerprint density at radius 3 is 2.85 bits per heavy atom. The number of hydrogen-bond acceptors (Lipinski definition) is 7. The fraction of sp³-hybridized carbons (Fsp3) is 0.700. The first-order chi connectivity index (χ1) is 15.9. The first-order valence-electron chi connectivity index (χ1n) is 10.7. The van der Waals surface area contributed by atoms with Crippen LogP contribution in [0.5, 0.6) is 0 Å². The molecule has 2 heterocycles. The molecule has 1 aliphatic rings. The Bertz CT molecular complexity index is 948. The summed E-state index contributed by atoms with van der Waals surface area (Å²) in [5.74, 6) is 0.654. The average Bonchev–Trinajstić information content (AvgIpc) is 3.13. The van der Waals surface area contributed by atoms with E-state index in [9.17, 15) is 4.79 Å². The molecule has 0 amide bonds. The zero-order valence-corrected chi connectivity index (χ0v) is 21.4. The average molecular weight is 501 g/mol. The highest BCUT2D eigenvalue weighted by molar-refractivity contribution is 7.71. The Hall–Kier alpha value is -1.87. The van der Waals surface area contributed by atoms with E-state index >= 15 is 0 Å². The van der Waals surface area contributed by atoms with Gasteiger partial charge in [-0.3, -0.25) is 19.3 Å². The number of aromatic amines is 1. The Labute approximate surface area is 200 Å². The highest BCUT2D eigenvalue weighted by Crippen LogP contribution is 2.43. The van der Waals surface area contributed by atoms with Crippen LogP contribution in [0.2, 0.25) is 0 Å². The molecule has 0 bridgehead atoms. The van der Waals surface area contributed by atoms with E-state index in [4.69, 9.17) is 37.3 Å². The van der Waals surface area contributed by atoms with Crippen molar-refractivity contribution in [2.75, 3.05) is 47.1 Å². The van der Waals surface area contributed by atoms with Gasteiger partial charge in [-0.25, -0.2) is 6.57 Å². The zero-order chi connectivity index (χ0) is 24.4. The smallest absolute Gasteiger partial charge is 0.254 e. The minimum Gasteiger partial charge on any atom is -0.369 e. The van der Waals surface area contributed by atoms with Gasteiger partial charge < -0.3 is 34.0 Å². The van der Waals surface area contributed by atoms with Crippen molar-refractivity contribution in [3.63, 3.8) is 0 Å². The first-order valence-corrected chi connectivity index (χ1v) is 12.7. The molecule has 33 heavy (non-hydrogen) atoms. The predicted octanol–water partition coefficient (Wildman–Crippen LogP) is 1.96. The van der Waals surface area contributed by atoms with E-state index in [1.807, 2.05) is 13.6 Å². The molecule has 0 aliphatic carbocycles. The van der Waals surface area contributed by atoms with Crippen LogP contribution in [0.15, 0.2) is 16.0 Å². The third kappa shape index (κ3) is 7.57. The van der Waals surface area contributed by atoms with Gasteiger partial charge in [-0.1, -0.05) is 6.92 Å². The van der Waals surface area contributed by atoms with E-state index in [1.54, 1.807) is 31.8 Å². The summed E-state index contributed by atoms with van der Waals surface area (Å²) < 4.78 is 26.5. The minimum absolute atomic E-state index is 0.237. The number of rotatable bonds is 11. The van der Waals surface area contributed by atoms with Crippen LogP contribution in [-0.4, -0.2) is 80.9 Å². The molecule has 11 nitrogen and oxygen atoms in total. The van der Waals surface area contributed by atoms with Gasteiger partial charge >= 0.3 is 0 Å². The second-order valence-electron chi connectivity index (χ2n) is 7.26. The van der Waals surface area contributed by atoms with Gasteiger partial charge in [0.15, 0.2) is 25.3 Å². The van der Waals surface area contributed by atoms with Crippen molar-refractivity contribution in [3.8, 4) is 0 Å². The standard InChI is InChI=1S/C20H33N6O5PS/c1-7-14-15(31-32(6)29-11-8-21-3)16(28-10-9-24-19(22-4)23-5)18(30-14)26-12-13(2)17(27)25-20(26)33/h12,14-16,18H,7-11H2,1-2,4-6H3,(H2,22,23,24)(H,25,27,33)/t14-,15+,16?,18-,32?/m1/s1. The molecular weight excluding hydrogens is 467 g/mol. The summed E-state index contributed by atoms with van der Waals surface area (Å²) in [4.78, 5) is 22.1. The molecule has 1 aromatic heterocycles. The number of nitrogens with one attached hydrogen (secondary N) is 3. The van der Waals surface area contributed by atoms with E-state index in [2.05, 4.69) is 25.5 Å². The topological polar surface area (TPSA) is 115 Å². The summed E-state index contributed by atoms with van der Waals surface area (Å²) in [5, 5.41) is 6.11. The molecule has 1 fully saturated rings. The predicted molar refractivity (Wildman–Crippen MR) is 130 cm³/mol. The summed E-state index contributed by atoms with van der Waals surface area (Å²) >= 11 is 5.41. The molecular formula is C20H33N6O5PS. The van der Waals surface area contributed by atoms with Crippen LogP contribution >= 0.6 is 20.6 Å². The largest absolute Gasteiger partial charge is 0.369 e. The van der Waals surface area contributed by atoms with Crippen molar-refractivity contribution in [1.82, 2.24) is 20.2 Å². The monoisotopic (exact) mass is 500 g/mol. The molecule has 2 unspecified atom stereocenters. The maximum absolute atomic E-state index is 12.0. The number of aromatic nitrogens is 2. The Balaban J connectivity index is 2.25. The molecule has 0 aromatic carbocycles. The fourth-order valence-electron chi connectivity index (χ4n) is 3.40. The molecule has 1 aromatic rings. The number of nitrogens with zero attached hydrogens (tertiary/aromatic N) is 3. The van der Waals surface area contributed by atoms with E-state index in [-0.39, 0.29) is 23.0 Å². The van der Waals surface area contributed by atoms with Gasteiger partial charge in [0.1, 0.15) is 18.8 Å². The molecule has 1 aliphatic heterocycles. The van der Waals surface area contributed by atoms with Gasteiger partial charge in [-0.05, 0) is 25.6 Å². The van der Waals surface area contributed by atoms with Gasteiger partial charge in [-0.2, -0.15) is 0 Å². The SMILES string of the molecule is [C-]#[N+]CCOP(C)O[C@@H]1C(OCCNC(=NC)NC)[C@H](n2cc(C)c(=O)[nH]c2=S)O[C@@H]1CC. The molecule has 1 saturated heterocycles.